The van der Waals surface area contributed by atoms with Crippen molar-refractivity contribution < 1.29 is 4.79 Å². The van der Waals surface area contributed by atoms with Gasteiger partial charge in [-0.1, -0.05) is 40.9 Å². The van der Waals surface area contributed by atoms with Gasteiger partial charge in [-0.25, -0.2) is 0 Å². The van der Waals surface area contributed by atoms with Crippen LogP contribution in [0.15, 0.2) is 41.3 Å². The summed E-state index contributed by atoms with van der Waals surface area (Å²) in [6.07, 6.45) is 0.488. The fourth-order valence-electron chi connectivity index (χ4n) is 2.33. The Hall–Kier alpha value is -0.870. The molecule has 0 spiro atoms. The monoisotopic (exact) mass is 371 g/mol. The molecular weight excluding hydrogens is 361 g/mol. The molecule has 0 bridgehead atoms. The van der Waals surface area contributed by atoms with Gasteiger partial charge in [-0.15, -0.1) is 11.8 Å². The van der Waals surface area contributed by atoms with Gasteiger partial charge in [0.1, 0.15) is 0 Å². The van der Waals surface area contributed by atoms with E-state index >= 15 is 0 Å². The Bertz CT molecular complexity index is 735. The third kappa shape index (κ3) is 3.38. The molecule has 1 amide bonds. The van der Waals surface area contributed by atoms with Gasteiger partial charge in [0.2, 0.25) is 5.91 Å². The fraction of sp³-hybridized carbons (Fsp3) is 0.188. The van der Waals surface area contributed by atoms with Gasteiger partial charge in [-0.3, -0.25) is 4.79 Å². The number of carbonyl (C=O) groups excluding carboxylic acids is 1. The molecule has 0 radical (unpaired) electrons. The number of anilines is 1. The molecule has 0 atom stereocenters. The molecule has 0 aromatic heterocycles. The number of benzene rings is 2. The number of carbonyl (C=O) groups is 1. The van der Waals surface area contributed by atoms with Crippen LogP contribution in [0.4, 0.5) is 5.69 Å². The maximum atomic E-state index is 12.5. The van der Waals surface area contributed by atoms with Crippen LogP contribution >= 0.6 is 46.6 Å². The lowest BCUT2D eigenvalue weighted by atomic mass is 10.1. The first-order valence-electron chi connectivity index (χ1n) is 6.71. The maximum Gasteiger partial charge on any atom is 0.228 e. The number of halogens is 3. The first-order chi connectivity index (χ1) is 10.5. The highest BCUT2D eigenvalue weighted by atomic mass is 35.5. The average molecular weight is 373 g/mol. The van der Waals surface area contributed by atoms with Crippen molar-refractivity contribution in [1.29, 1.82) is 0 Å². The number of thioether (sulfide) groups is 1. The zero-order valence-electron chi connectivity index (χ0n) is 11.5. The maximum absolute atomic E-state index is 12.5. The second kappa shape index (κ2) is 6.71. The van der Waals surface area contributed by atoms with Crippen LogP contribution in [0.2, 0.25) is 15.1 Å². The van der Waals surface area contributed by atoms with Crippen molar-refractivity contribution in [1.82, 2.24) is 0 Å². The summed E-state index contributed by atoms with van der Waals surface area (Å²) in [5.74, 6) is 0.831. The van der Waals surface area contributed by atoms with Gasteiger partial charge in [-0.2, -0.15) is 0 Å². The van der Waals surface area contributed by atoms with E-state index in [-0.39, 0.29) is 5.91 Å². The highest BCUT2D eigenvalue weighted by Gasteiger charge is 2.23. The van der Waals surface area contributed by atoms with E-state index in [1.165, 1.54) is 0 Å². The van der Waals surface area contributed by atoms with Crippen LogP contribution < -0.4 is 4.90 Å². The fourth-order valence-corrected chi connectivity index (χ4v) is 3.95. The van der Waals surface area contributed by atoms with Gasteiger partial charge in [0.25, 0.3) is 0 Å². The molecule has 0 aliphatic carbocycles. The summed E-state index contributed by atoms with van der Waals surface area (Å²) < 4.78 is 0. The Morgan fingerprint density at radius 1 is 1.05 bits per heavy atom. The van der Waals surface area contributed by atoms with E-state index in [0.29, 0.717) is 28.0 Å². The van der Waals surface area contributed by atoms with Crippen molar-refractivity contribution >= 4 is 58.2 Å². The van der Waals surface area contributed by atoms with Crippen molar-refractivity contribution in [2.75, 3.05) is 10.7 Å². The lowest BCUT2D eigenvalue weighted by molar-refractivity contribution is -0.118. The molecule has 3 rings (SSSR count). The molecule has 2 aromatic carbocycles. The Balaban J connectivity index is 2.01. The normalized spacial score (nSPS) is 14.7. The second-order valence-corrected chi connectivity index (χ2v) is 7.34. The molecule has 1 heterocycles. The van der Waals surface area contributed by atoms with E-state index in [4.69, 9.17) is 34.8 Å². The van der Waals surface area contributed by atoms with Crippen LogP contribution in [0.25, 0.3) is 0 Å². The van der Waals surface area contributed by atoms with E-state index in [2.05, 4.69) is 0 Å². The number of fused-ring (bicyclic) bond motifs is 1. The standard InChI is InChI=1S/C16H12Cl3NOS/c17-11-2-1-10(13(19)7-11)9-20-14-8-12(18)3-4-15(14)22-6-5-16(20)21/h1-4,7-8H,5-6,9H2. The van der Waals surface area contributed by atoms with Crippen molar-refractivity contribution in [3.63, 3.8) is 0 Å². The van der Waals surface area contributed by atoms with Crippen molar-refractivity contribution in [3.05, 3.63) is 57.0 Å². The number of hydrogen-bond donors (Lipinski definition) is 0. The van der Waals surface area contributed by atoms with Gasteiger partial charge < -0.3 is 4.90 Å². The Kier molecular flexibility index (Phi) is 4.88. The molecule has 0 saturated carbocycles. The summed E-state index contributed by atoms with van der Waals surface area (Å²) in [6, 6.07) is 10.9. The molecule has 0 fully saturated rings. The van der Waals surface area contributed by atoms with Crippen LogP contribution in [0.1, 0.15) is 12.0 Å². The largest absolute Gasteiger partial charge is 0.307 e. The first-order valence-corrected chi connectivity index (χ1v) is 8.83. The first kappa shape index (κ1) is 16.0. The Morgan fingerprint density at radius 3 is 2.55 bits per heavy atom. The van der Waals surface area contributed by atoms with Crippen LogP contribution in [-0.4, -0.2) is 11.7 Å². The minimum atomic E-state index is 0.0690. The predicted octanol–water partition coefficient (Wildman–Crippen LogP) is 5.68. The highest BCUT2D eigenvalue weighted by molar-refractivity contribution is 7.99. The third-order valence-electron chi connectivity index (χ3n) is 3.43. The predicted molar refractivity (Wildman–Crippen MR) is 94.4 cm³/mol. The summed E-state index contributed by atoms with van der Waals surface area (Å²) in [5, 5.41) is 1.75. The van der Waals surface area contributed by atoms with E-state index in [1.54, 1.807) is 28.8 Å². The number of nitrogens with zero attached hydrogens (tertiary/aromatic N) is 1. The zero-order chi connectivity index (χ0) is 15.7. The smallest absolute Gasteiger partial charge is 0.228 e. The van der Waals surface area contributed by atoms with Gasteiger partial charge in [0.05, 0.1) is 12.2 Å². The lowest BCUT2D eigenvalue weighted by Gasteiger charge is -2.23. The number of rotatable bonds is 2. The molecule has 2 aromatic rings. The molecule has 0 saturated heterocycles. The molecule has 6 heteroatoms. The second-order valence-electron chi connectivity index (χ2n) is 4.93. The van der Waals surface area contributed by atoms with Crippen LogP contribution in [0, 0.1) is 0 Å². The van der Waals surface area contributed by atoms with Gasteiger partial charge in [0.15, 0.2) is 0 Å². The van der Waals surface area contributed by atoms with E-state index < -0.39 is 0 Å². The summed E-state index contributed by atoms with van der Waals surface area (Å²) in [5.41, 5.74) is 1.70. The van der Waals surface area contributed by atoms with Crippen LogP contribution in [0.5, 0.6) is 0 Å². The van der Waals surface area contributed by atoms with Crippen molar-refractivity contribution in [3.8, 4) is 0 Å². The molecule has 0 N–H and O–H groups in total. The number of hydrogen-bond acceptors (Lipinski definition) is 2. The van der Waals surface area contributed by atoms with Gasteiger partial charge in [-0.05, 0) is 35.9 Å². The molecule has 114 valence electrons. The Labute approximate surface area is 148 Å². The minimum Gasteiger partial charge on any atom is -0.307 e. The quantitative estimate of drug-likeness (QED) is 0.676. The Morgan fingerprint density at radius 2 is 1.77 bits per heavy atom. The van der Waals surface area contributed by atoms with Crippen molar-refractivity contribution in [2.24, 2.45) is 0 Å². The van der Waals surface area contributed by atoms with Gasteiger partial charge >= 0.3 is 0 Å². The van der Waals surface area contributed by atoms with E-state index in [1.807, 2.05) is 24.3 Å². The van der Waals surface area contributed by atoms with Crippen LogP contribution in [-0.2, 0) is 11.3 Å². The summed E-state index contributed by atoms with van der Waals surface area (Å²) >= 11 is 19.9. The molecule has 1 aliphatic heterocycles. The molecule has 0 unspecified atom stereocenters. The minimum absolute atomic E-state index is 0.0690. The van der Waals surface area contributed by atoms with E-state index in [9.17, 15) is 4.79 Å². The van der Waals surface area contributed by atoms with Crippen LogP contribution in [0.3, 0.4) is 0 Å². The van der Waals surface area contributed by atoms with Crippen molar-refractivity contribution in [2.45, 2.75) is 17.9 Å². The third-order valence-corrected chi connectivity index (χ3v) is 5.32. The molecule has 22 heavy (non-hydrogen) atoms. The van der Waals surface area contributed by atoms with Gasteiger partial charge in [0, 0.05) is 32.1 Å². The highest BCUT2D eigenvalue weighted by Crippen LogP contribution is 2.37. The lowest BCUT2D eigenvalue weighted by Crippen LogP contribution is -2.30. The SMILES string of the molecule is O=C1CCSc2ccc(Cl)cc2N1Cc1ccc(Cl)cc1Cl. The molecule has 1 aliphatic rings. The summed E-state index contributed by atoms with van der Waals surface area (Å²) in [4.78, 5) is 15.3. The van der Waals surface area contributed by atoms with E-state index in [0.717, 1.165) is 21.9 Å². The molecule has 2 nitrogen and oxygen atoms in total. The zero-order valence-corrected chi connectivity index (χ0v) is 14.6. The summed E-state index contributed by atoms with van der Waals surface area (Å²) in [7, 11) is 0. The molecular formula is C16H12Cl3NOS. The topological polar surface area (TPSA) is 20.3 Å². The summed E-state index contributed by atoms with van der Waals surface area (Å²) in [6.45, 7) is 0.405. The number of amides is 1. The average Bonchev–Trinajstić information content (AvgIpc) is 2.62.